The Labute approximate surface area is 302 Å². The van der Waals surface area contributed by atoms with Gasteiger partial charge in [-0.2, -0.15) is 13.9 Å². The van der Waals surface area contributed by atoms with Gasteiger partial charge in [0, 0.05) is 28.8 Å². The third-order valence-electron chi connectivity index (χ3n) is 9.20. The Morgan fingerprint density at radius 1 is 1.24 bits per heavy atom. The number of halogens is 5. The maximum atomic E-state index is 15.1. The minimum absolute atomic E-state index is 0.0429. The number of aromatic amines is 1. The topological polar surface area (TPSA) is 144 Å². The molecule has 3 atom stereocenters. The van der Waals surface area contributed by atoms with Crippen LogP contribution in [-0.2, 0) is 9.53 Å². The number of imidazole rings is 1. The van der Waals surface area contributed by atoms with Gasteiger partial charge in [-0.3, -0.25) is 9.69 Å². The van der Waals surface area contributed by atoms with Gasteiger partial charge in [-0.05, 0) is 54.4 Å². The van der Waals surface area contributed by atoms with Crippen LogP contribution in [0.5, 0.6) is 0 Å². The summed E-state index contributed by atoms with van der Waals surface area (Å²) in [5.41, 5.74) is 6.25. The number of nitrogens with two attached hydrogens (primary N) is 1. The van der Waals surface area contributed by atoms with Crippen LogP contribution in [0.2, 0.25) is 15.3 Å². The van der Waals surface area contributed by atoms with Crippen molar-refractivity contribution in [1.29, 1.82) is 0 Å². The van der Waals surface area contributed by atoms with E-state index in [4.69, 9.17) is 50.3 Å². The van der Waals surface area contributed by atoms with Crippen LogP contribution in [0.3, 0.4) is 0 Å². The average Bonchev–Trinajstić information content (AvgIpc) is 3.48. The summed E-state index contributed by atoms with van der Waals surface area (Å²) in [4.78, 5) is 41.4. The van der Waals surface area contributed by atoms with E-state index in [1.165, 1.54) is 17.3 Å². The average molecular weight is 750 g/mol. The van der Waals surface area contributed by atoms with E-state index in [-0.39, 0.29) is 34.8 Å². The van der Waals surface area contributed by atoms with Gasteiger partial charge >= 0.3 is 12.6 Å². The van der Waals surface area contributed by atoms with Crippen molar-refractivity contribution >= 4 is 58.3 Å². The van der Waals surface area contributed by atoms with E-state index >= 15 is 4.79 Å². The van der Waals surface area contributed by atoms with Gasteiger partial charge in [-0.1, -0.05) is 86.8 Å². The van der Waals surface area contributed by atoms with Crippen molar-refractivity contribution in [2.75, 3.05) is 6.61 Å². The Kier molecular flexibility index (Phi) is 9.55. The SMILES string of the molecule is CC(C)(C)C[C@]1(C2(C)C=CC(c3cnn(C(F)F)c3)=CC2)N=C(N)N([C@H](COC(=O)NC2CC2)c2ccc(Cl)c(-c3nc(Cl)c(Cl)[nH]3)c2)C1=O. The number of ether oxygens (including phenoxy) is 1. The molecular weight excluding hydrogens is 713 g/mol. The number of carbonyl (C=O) groups excluding carboxylic acids is 2. The van der Waals surface area contributed by atoms with E-state index in [0.29, 0.717) is 50.6 Å². The number of hydrogen-bond donors (Lipinski definition) is 3. The smallest absolute Gasteiger partial charge is 0.407 e. The lowest BCUT2D eigenvalue weighted by Gasteiger charge is -2.45. The zero-order valence-electron chi connectivity index (χ0n) is 27.8. The maximum absolute atomic E-state index is 15.1. The largest absolute Gasteiger partial charge is 0.447 e. The van der Waals surface area contributed by atoms with E-state index in [1.54, 1.807) is 24.3 Å². The molecule has 50 heavy (non-hydrogen) atoms. The number of nitrogens with one attached hydrogen (secondary N) is 2. The lowest BCUT2D eigenvalue weighted by molar-refractivity contribution is -0.138. The molecule has 266 valence electrons. The quantitative estimate of drug-likeness (QED) is 0.192. The van der Waals surface area contributed by atoms with E-state index in [1.807, 2.05) is 39.8 Å². The number of benzene rings is 1. The number of aliphatic imine (C=N–C) groups is 1. The third-order valence-corrected chi connectivity index (χ3v) is 10.2. The number of rotatable bonds is 10. The fourth-order valence-corrected chi connectivity index (χ4v) is 6.98. The summed E-state index contributed by atoms with van der Waals surface area (Å²) in [5, 5.41) is 7.09. The predicted octanol–water partition coefficient (Wildman–Crippen LogP) is 7.94. The van der Waals surface area contributed by atoms with Crippen LogP contribution in [0.1, 0.15) is 77.1 Å². The van der Waals surface area contributed by atoms with Gasteiger partial charge in [0.2, 0.25) is 0 Å². The second-order valence-corrected chi connectivity index (χ2v) is 15.4. The highest BCUT2D eigenvalue weighted by molar-refractivity contribution is 6.40. The van der Waals surface area contributed by atoms with Crippen LogP contribution in [-0.4, -0.2) is 60.8 Å². The zero-order valence-corrected chi connectivity index (χ0v) is 30.1. The molecule has 16 heteroatoms. The second-order valence-electron chi connectivity index (χ2n) is 14.3. The molecule has 4 N–H and O–H groups in total. The van der Waals surface area contributed by atoms with Gasteiger partial charge in [0.1, 0.15) is 17.6 Å². The van der Waals surface area contributed by atoms with Gasteiger partial charge in [-0.15, -0.1) is 0 Å². The molecule has 0 spiro atoms. The highest BCUT2D eigenvalue weighted by Gasteiger charge is 2.60. The highest BCUT2D eigenvalue weighted by Crippen LogP contribution is 2.53. The Bertz CT molecular complexity index is 1890. The number of H-pyrrole nitrogens is 1. The molecule has 6 rings (SSSR count). The molecule has 1 aliphatic heterocycles. The minimum atomic E-state index is -2.76. The molecule has 3 heterocycles. The first-order valence-corrected chi connectivity index (χ1v) is 17.2. The lowest BCUT2D eigenvalue weighted by atomic mass is 9.61. The van der Waals surface area contributed by atoms with Crippen molar-refractivity contribution in [3.63, 3.8) is 0 Å². The third kappa shape index (κ3) is 7.00. The molecule has 2 aromatic heterocycles. The highest BCUT2D eigenvalue weighted by atomic mass is 35.5. The number of allylic oxidation sites excluding steroid dienone is 3. The number of aromatic nitrogens is 4. The first-order valence-electron chi connectivity index (χ1n) is 16.1. The number of alkyl carbamates (subject to hydrolysis) is 1. The molecule has 1 unspecified atom stereocenters. The Balaban J connectivity index is 1.38. The summed E-state index contributed by atoms with van der Waals surface area (Å²) in [6.07, 6.45) is 10.0. The molecule has 2 amide bonds. The fourth-order valence-electron chi connectivity index (χ4n) is 6.51. The number of alkyl halides is 2. The summed E-state index contributed by atoms with van der Waals surface area (Å²) in [6, 6.07) is 4.19. The van der Waals surface area contributed by atoms with Crippen molar-refractivity contribution in [3.05, 3.63) is 75.3 Å². The van der Waals surface area contributed by atoms with Crippen molar-refractivity contribution in [2.24, 2.45) is 21.6 Å². The van der Waals surface area contributed by atoms with Gasteiger partial charge < -0.3 is 20.8 Å². The van der Waals surface area contributed by atoms with Crippen LogP contribution < -0.4 is 11.1 Å². The predicted molar refractivity (Wildman–Crippen MR) is 188 cm³/mol. The molecule has 0 saturated heterocycles. The molecule has 0 bridgehead atoms. The van der Waals surface area contributed by atoms with Crippen molar-refractivity contribution < 1.29 is 23.1 Å². The van der Waals surface area contributed by atoms with Gasteiger partial charge in [-0.25, -0.2) is 19.5 Å². The number of hydrogen-bond acceptors (Lipinski definition) is 7. The number of amides is 2. The van der Waals surface area contributed by atoms with Gasteiger partial charge in [0.25, 0.3) is 5.91 Å². The lowest BCUT2D eigenvalue weighted by Crippen LogP contribution is -2.55. The van der Waals surface area contributed by atoms with Gasteiger partial charge in [0.05, 0.1) is 17.3 Å². The Morgan fingerprint density at radius 2 is 1.98 bits per heavy atom. The summed E-state index contributed by atoms with van der Waals surface area (Å²) in [6.45, 7) is 4.96. The van der Waals surface area contributed by atoms with E-state index in [9.17, 15) is 13.6 Å². The van der Waals surface area contributed by atoms with Crippen molar-refractivity contribution in [3.8, 4) is 11.4 Å². The maximum Gasteiger partial charge on any atom is 0.407 e. The first-order chi connectivity index (χ1) is 23.5. The molecule has 0 radical (unpaired) electrons. The van der Waals surface area contributed by atoms with Crippen LogP contribution in [0.15, 0.2) is 53.8 Å². The van der Waals surface area contributed by atoms with E-state index < -0.39 is 35.1 Å². The summed E-state index contributed by atoms with van der Waals surface area (Å²) in [5.74, 6) is -0.120. The second kappa shape index (κ2) is 13.3. The van der Waals surface area contributed by atoms with Crippen LogP contribution in [0.4, 0.5) is 13.6 Å². The Hall–Kier alpha value is -3.94. The summed E-state index contributed by atoms with van der Waals surface area (Å²) in [7, 11) is 0. The van der Waals surface area contributed by atoms with Gasteiger partial charge in [0.15, 0.2) is 16.7 Å². The fraction of sp³-hybridized carbons (Fsp3) is 0.441. The summed E-state index contributed by atoms with van der Waals surface area (Å²) < 4.78 is 32.8. The normalized spacial score (nSPS) is 22.9. The molecule has 1 aromatic carbocycles. The molecule has 11 nitrogen and oxygen atoms in total. The molecule has 1 fully saturated rings. The standard InChI is InChI=1S/C34H37Cl3F2N8O3/c1-32(2,3)17-34(33(4)11-9-18(10-12-33)20-14-41-46(15-20)29(38)39)28(48)47(30(40)45-34)24(16-50-31(49)42-21-6-7-21)19-5-8-23(35)22(13-19)27-43-25(36)26(37)44-27/h5,8-11,13-15,21,24,29H,6-7,12,16-17H2,1-4H3,(H2,40,45)(H,42,49)(H,43,44)/t24-,33?,34+/m1/s1. The minimum Gasteiger partial charge on any atom is -0.447 e. The van der Waals surface area contributed by atoms with Crippen LogP contribution in [0, 0.1) is 10.8 Å². The molecule has 3 aliphatic rings. The summed E-state index contributed by atoms with van der Waals surface area (Å²) >= 11 is 18.9. The monoisotopic (exact) mass is 748 g/mol. The number of guanidine groups is 1. The first kappa shape index (κ1) is 35.9. The van der Waals surface area contributed by atoms with E-state index in [2.05, 4.69) is 20.4 Å². The van der Waals surface area contributed by atoms with Crippen molar-refractivity contribution in [2.45, 2.75) is 77.6 Å². The zero-order chi connectivity index (χ0) is 36.2. The van der Waals surface area contributed by atoms with Crippen LogP contribution >= 0.6 is 34.8 Å². The van der Waals surface area contributed by atoms with E-state index in [0.717, 1.165) is 12.8 Å². The molecule has 1 saturated carbocycles. The van der Waals surface area contributed by atoms with Crippen molar-refractivity contribution in [1.82, 2.24) is 30.0 Å². The molecule has 2 aliphatic carbocycles. The number of nitrogens with zero attached hydrogens (tertiary/aromatic N) is 5. The molecular formula is C34H37Cl3F2N8O3. The Morgan fingerprint density at radius 3 is 2.56 bits per heavy atom. The molecule has 3 aromatic rings. The van der Waals surface area contributed by atoms with Crippen LogP contribution in [0.25, 0.3) is 17.0 Å². The number of carbonyl (C=O) groups is 2.